The van der Waals surface area contributed by atoms with Gasteiger partial charge in [-0.15, -0.1) is 0 Å². The monoisotopic (exact) mass is 576 g/mol. The van der Waals surface area contributed by atoms with Gasteiger partial charge in [-0.05, 0) is 57.8 Å². The highest BCUT2D eigenvalue weighted by atomic mass is 28.3. The van der Waals surface area contributed by atoms with Crippen molar-refractivity contribution in [3.05, 3.63) is 48.6 Å². The Bertz CT molecular complexity index is 1360. The minimum Gasteiger partial charge on any atom is -0.358 e. The molecule has 4 rings (SSSR count). The molecule has 0 radical (unpaired) electrons. The highest BCUT2D eigenvalue weighted by Crippen LogP contribution is 2.45. The third-order valence-corrected chi connectivity index (χ3v) is 23.3. The molecular formula is C31H48N6OSi2. The first-order chi connectivity index (χ1) is 18.7. The Morgan fingerprint density at radius 2 is 0.850 bits per heavy atom. The van der Waals surface area contributed by atoms with Crippen LogP contribution >= 0.6 is 0 Å². The van der Waals surface area contributed by atoms with E-state index in [0.29, 0.717) is 44.6 Å². The summed E-state index contributed by atoms with van der Waals surface area (Å²) in [5.41, 5.74) is 5.57. The Hall–Kier alpha value is -2.66. The molecule has 0 spiro atoms. The van der Waals surface area contributed by atoms with E-state index in [1.165, 1.54) is 0 Å². The van der Waals surface area contributed by atoms with Crippen LogP contribution in [-0.4, -0.2) is 50.7 Å². The second kappa shape index (κ2) is 11.0. The number of nitrogens with zero attached hydrogens (tertiary/aromatic N) is 6. The van der Waals surface area contributed by atoms with E-state index < -0.39 is 16.5 Å². The van der Waals surface area contributed by atoms with Crippen LogP contribution < -0.4 is 0 Å². The molecule has 0 N–H and O–H groups in total. The fourth-order valence-electron chi connectivity index (χ4n) is 8.67. The minimum absolute atomic E-state index is 0.174. The van der Waals surface area contributed by atoms with Crippen LogP contribution in [0, 0.1) is 0 Å². The molecule has 40 heavy (non-hydrogen) atoms. The van der Waals surface area contributed by atoms with Crippen LogP contribution in [0.25, 0.3) is 22.1 Å². The van der Waals surface area contributed by atoms with Gasteiger partial charge in [-0.3, -0.25) is 4.79 Å². The van der Waals surface area contributed by atoms with Crippen molar-refractivity contribution in [2.75, 3.05) is 0 Å². The topological polar surface area (TPSA) is 78.5 Å². The molecule has 9 heteroatoms. The quantitative estimate of drug-likeness (QED) is 0.140. The highest BCUT2D eigenvalue weighted by molar-refractivity contribution is 6.83. The minimum atomic E-state index is -2.06. The third-order valence-electron chi connectivity index (χ3n) is 9.78. The Morgan fingerprint density at radius 3 is 1.12 bits per heavy atom. The summed E-state index contributed by atoms with van der Waals surface area (Å²) in [5, 5.41) is 1.60. The zero-order chi connectivity index (χ0) is 29.7. The van der Waals surface area contributed by atoms with E-state index in [4.69, 9.17) is 9.97 Å². The lowest BCUT2D eigenvalue weighted by Gasteiger charge is -2.44. The van der Waals surface area contributed by atoms with Crippen molar-refractivity contribution in [3.8, 4) is 0 Å². The van der Waals surface area contributed by atoms with Gasteiger partial charge in [-0.1, -0.05) is 83.1 Å². The van der Waals surface area contributed by atoms with Gasteiger partial charge in [0.2, 0.25) is 5.78 Å². The Balaban J connectivity index is 1.92. The van der Waals surface area contributed by atoms with Gasteiger partial charge < -0.3 is 8.47 Å². The SMILES string of the molecule is CC(C)[Si](C(C)C)(C(C)C)n1ccc2c(C(=O)c3ncnc4c3ccn4[Si](C(C)C)(C(C)C)C(C)C)ncnc21. The summed E-state index contributed by atoms with van der Waals surface area (Å²) in [7, 11) is -4.11. The first-order valence-corrected chi connectivity index (χ1v) is 19.3. The number of fused-ring (bicyclic) bond motifs is 2. The van der Waals surface area contributed by atoms with Gasteiger partial charge in [0.15, 0.2) is 16.5 Å². The summed E-state index contributed by atoms with van der Waals surface area (Å²) >= 11 is 0. The molecular weight excluding hydrogens is 529 g/mol. The molecule has 0 aliphatic carbocycles. The van der Waals surface area contributed by atoms with Crippen LogP contribution in [0.4, 0.5) is 0 Å². The predicted molar refractivity (Wildman–Crippen MR) is 171 cm³/mol. The molecule has 4 aromatic heterocycles. The average Bonchev–Trinajstić information content (AvgIpc) is 3.48. The standard InChI is InChI=1S/C31H48N6OSi2/c1-19(2)39(20(3)4,21(5)6)36-15-13-25-27(32-17-34-30(25)36)29(38)28-26-14-16-37(31(26)35-18-33-28)40(22(7)8,23(9)10)24(11)12/h13-24H,1-12H3. The number of carbonyl (C=O) groups excluding carboxylic acids is 1. The molecule has 4 heterocycles. The molecule has 0 aromatic carbocycles. The van der Waals surface area contributed by atoms with Gasteiger partial charge in [-0.2, -0.15) is 0 Å². The van der Waals surface area contributed by atoms with Gasteiger partial charge in [0, 0.05) is 10.8 Å². The fourth-order valence-corrected chi connectivity index (χ4v) is 21.8. The van der Waals surface area contributed by atoms with Crippen LogP contribution in [-0.2, 0) is 0 Å². The number of hydrogen-bond acceptors (Lipinski definition) is 5. The van der Waals surface area contributed by atoms with E-state index >= 15 is 0 Å². The zero-order valence-electron chi connectivity index (χ0n) is 26.5. The van der Waals surface area contributed by atoms with E-state index in [0.717, 1.165) is 22.1 Å². The summed E-state index contributed by atoms with van der Waals surface area (Å²) in [5.74, 6) is -0.174. The van der Waals surface area contributed by atoms with Crippen molar-refractivity contribution in [3.63, 3.8) is 0 Å². The van der Waals surface area contributed by atoms with Gasteiger partial charge in [0.05, 0.1) is 0 Å². The van der Waals surface area contributed by atoms with Gasteiger partial charge in [0.25, 0.3) is 0 Å². The van der Waals surface area contributed by atoms with Crippen molar-refractivity contribution in [2.24, 2.45) is 0 Å². The summed E-state index contributed by atoms with van der Waals surface area (Å²) < 4.78 is 4.86. The van der Waals surface area contributed by atoms with Crippen molar-refractivity contribution in [1.29, 1.82) is 0 Å². The average molecular weight is 577 g/mol. The van der Waals surface area contributed by atoms with Crippen LogP contribution in [0.1, 0.15) is 99.3 Å². The molecule has 7 nitrogen and oxygen atoms in total. The molecule has 0 saturated carbocycles. The van der Waals surface area contributed by atoms with E-state index in [1.54, 1.807) is 12.7 Å². The molecule has 0 bridgehead atoms. The third kappa shape index (κ3) is 4.22. The zero-order valence-corrected chi connectivity index (χ0v) is 28.5. The molecule has 0 unspecified atom stereocenters. The van der Waals surface area contributed by atoms with Gasteiger partial charge >= 0.3 is 0 Å². The largest absolute Gasteiger partial charge is 0.358 e. The number of carbonyl (C=O) groups is 1. The van der Waals surface area contributed by atoms with E-state index in [-0.39, 0.29) is 5.78 Å². The molecule has 0 atom stereocenters. The summed E-state index contributed by atoms with van der Waals surface area (Å²) in [4.78, 5) is 32.8. The Morgan fingerprint density at radius 1 is 0.550 bits per heavy atom. The van der Waals surface area contributed by atoms with Crippen LogP contribution in [0.5, 0.6) is 0 Å². The fraction of sp³-hybridized carbons (Fsp3) is 0.581. The number of aromatic nitrogens is 6. The lowest BCUT2D eigenvalue weighted by molar-refractivity contribution is 0.103. The molecule has 0 aliphatic heterocycles. The maximum Gasteiger partial charge on any atom is 0.231 e. The van der Waals surface area contributed by atoms with Crippen LogP contribution in [0.2, 0.25) is 33.2 Å². The van der Waals surface area contributed by atoms with E-state index in [1.807, 2.05) is 12.1 Å². The van der Waals surface area contributed by atoms with E-state index in [9.17, 15) is 4.79 Å². The maximum atomic E-state index is 14.2. The Kier molecular flexibility index (Phi) is 8.31. The second-order valence-electron chi connectivity index (χ2n) is 13.3. The first kappa shape index (κ1) is 30.3. The highest BCUT2D eigenvalue weighted by Gasteiger charge is 2.47. The number of ketones is 1. The summed E-state index contributed by atoms with van der Waals surface area (Å²) in [6.45, 7) is 28.0. The van der Waals surface area contributed by atoms with Crippen LogP contribution in [0.15, 0.2) is 37.2 Å². The molecule has 216 valence electrons. The number of rotatable bonds is 10. The molecule has 0 amide bonds. The molecule has 0 fully saturated rings. The smallest absolute Gasteiger partial charge is 0.231 e. The maximum absolute atomic E-state index is 14.2. The van der Waals surface area contributed by atoms with Gasteiger partial charge in [0.1, 0.15) is 35.3 Å². The van der Waals surface area contributed by atoms with Crippen molar-refractivity contribution in [2.45, 2.75) is 116 Å². The predicted octanol–water partition coefficient (Wildman–Crippen LogP) is 8.45. The van der Waals surface area contributed by atoms with Crippen molar-refractivity contribution in [1.82, 2.24) is 28.4 Å². The normalized spacial score (nSPS) is 13.4. The lowest BCUT2D eigenvalue weighted by Crippen LogP contribution is -2.51. The van der Waals surface area contributed by atoms with Crippen LogP contribution in [0.3, 0.4) is 0 Å². The molecule has 4 aromatic rings. The van der Waals surface area contributed by atoms with Crippen molar-refractivity contribution >= 4 is 44.3 Å². The molecule has 0 saturated heterocycles. The van der Waals surface area contributed by atoms with E-state index in [2.05, 4.69) is 114 Å². The summed E-state index contributed by atoms with van der Waals surface area (Å²) in [6, 6.07) is 4.07. The second-order valence-corrected chi connectivity index (χ2v) is 24.8. The van der Waals surface area contributed by atoms with Gasteiger partial charge in [-0.25, -0.2) is 19.9 Å². The Labute approximate surface area is 242 Å². The van der Waals surface area contributed by atoms with Crippen molar-refractivity contribution < 1.29 is 4.79 Å². The first-order valence-electron chi connectivity index (χ1n) is 14.9. The molecule has 0 aliphatic rings. The lowest BCUT2D eigenvalue weighted by atomic mass is 10.1. The summed E-state index contributed by atoms with van der Waals surface area (Å²) in [6.07, 6.45) is 7.40. The number of hydrogen-bond donors (Lipinski definition) is 0.